The third-order valence-electron chi connectivity index (χ3n) is 3.43. The van der Waals surface area contributed by atoms with Gasteiger partial charge in [-0.1, -0.05) is 63.3 Å². The quantitative estimate of drug-likeness (QED) is 0.233. The van der Waals surface area contributed by atoms with E-state index in [0.29, 0.717) is 0 Å². The standard InChI is InChI=1S/C18H34O2/c1-4-5-6-7-8-9-10-11-12-13-14-15-16-17-18(19-2)20-3/h6-9,18H,4-5,10-17H2,1-3H3/b7-6-,9-8+. The lowest BCUT2D eigenvalue weighted by atomic mass is 10.1. The molecule has 0 aromatic carbocycles. The Labute approximate surface area is 126 Å². The highest BCUT2D eigenvalue weighted by molar-refractivity contribution is 5.02. The van der Waals surface area contributed by atoms with Gasteiger partial charge < -0.3 is 9.47 Å². The molecule has 0 bridgehead atoms. The monoisotopic (exact) mass is 282 g/mol. The molecule has 0 atom stereocenters. The molecule has 0 aromatic rings. The van der Waals surface area contributed by atoms with Gasteiger partial charge >= 0.3 is 0 Å². The van der Waals surface area contributed by atoms with Gasteiger partial charge in [0.25, 0.3) is 0 Å². The van der Waals surface area contributed by atoms with Crippen molar-refractivity contribution >= 4 is 0 Å². The molecule has 0 N–H and O–H groups in total. The lowest BCUT2D eigenvalue weighted by Gasteiger charge is -2.12. The van der Waals surface area contributed by atoms with Crippen molar-refractivity contribution in [3.63, 3.8) is 0 Å². The number of unbranched alkanes of at least 4 members (excludes halogenated alkanes) is 7. The van der Waals surface area contributed by atoms with Crippen molar-refractivity contribution in [1.29, 1.82) is 0 Å². The highest BCUT2D eigenvalue weighted by Gasteiger charge is 2.03. The summed E-state index contributed by atoms with van der Waals surface area (Å²) in [5, 5.41) is 0. The molecule has 2 nitrogen and oxygen atoms in total. The fourth-order valence-corrected chi connectivity index (χ4v) is 2.13. The van der Waals surface area contributed by atoms with Crippen molar-refractivity contribution in [2.45, 2.75) is 77.4 Å². The van der Waals surface area contributed by atoms with Gasteiger partial charge in [0.2, 0.25) is 0 Å². The molecule has 0 aliphatic carbocycles. The summed E-state index contributed by atoms with van der Waals surface area (Å²) in [6.07, 6.45) is 21.4. The Kier molecular flexibility index (Phi) is 16.0. The third-order valence-corrected chi connectivity index (χ3v) is 3.43. The average molecular weight is 282 g/mol. The zero-order valence-electron chi connectivity index (χ0n) is 13.8. The second kappa shape index (κ2) is 16.5. The normalized spacial score (nSPS) is 12.2. The van der Waals surface area contributed by atoms with Gasteiger partial charge in [-0.3, -0.25) is 0 Å². The lowest BCUT2D eigenvalue weighted by molar-refractivity contribution is -0.107. The van der Waals surface area contributed by atoms with Crippen molar-refractivity contribution in [2.24, 2.45) is 0 Å². The predicted molar refractivity (Wildman–Crippen MR) is 87.9 cm³/mol. The molecule has 2 heteroatoms. The summed E-state index contributed by atoms with van der Waals surface area (Å²) in [5.74, 6) is 0. The Morgan fingerprint density at radius 2 is 1.30 bits per heavy atom. The summed E-state index contributed by atoms with van der Waals surface area (Å²) in [4.78, 5) is 0. The van der Waals surface area contributed by atoms with Crippen LogP contribution in [0.15, 0.2) is 24.3 Å². The van der Waals surface area contributed by atoms with Crippen LogP contribution in [0.5, 0.6) is 0 Å². The molecule has 0 saturated heterocycles. The van der Waals surface area contributed by atoms with Crippen LogP contribution < -0.4 is 0 Å². The van der Waals surface area contributed by atoms with E-state index in [4.69, 9.17) is 9.47 Å². The van der Waals surface area contributed by atoms with E-state index in [1.54, 1.807) is 14.2 Å². The smallest absolute Gasteiger partial charge is 0.156 e. The number of ether oxygens (including phenoxy) is 2. The molecule has 0 amide bonds. The van der Waals surface area contributed by atoms with E-state index in [0.717, 1.165) is 6.42 Å². The Bertz CT molecular complexity index is 230. The molecule has 0 aliphatic rings. The summed E-state index contributed by atoms with van der Waals surface area (Å²) in [5.41, 5.74) is 0. The van der Waals surface area contributed by atoms with E-state index in [1.165, 1.54) is 57.8 Å². The van der Waals surface area contributed by atoms with E-state index in [1.807, 2.05) is 0 Å². The van der Waals surface area contributed by atoms with E-state index in [9.17, 15) is 0 Å². The Morgan fingerprint density at radius 3 is 1.90 bits per heavy atom. The van der Waals surface area contributed by atoms with Crippen molar-refractivity contribution in [2.75, 3.05) is 14.2 Å². The molecule has 0 aliphatic heterocycles. The van der Waals surface area contributed by atoms with Crippen molar-refractivity contribution in [1.82, 2.24) is 0 Å². The van der Waals surface area contributed by atoms with Gasteiger partial charge in [-0.25, -0.2) is 0 Å². The molecular formula is C18H34O2. The fourth-order valence-electron chi connectivity index (χ4n) is 2.13. The van der Waals surface area contributed by atoms with Gasteiger partial charge in [-0.15, -0.1) is 0 Å². The van der Waals surface area contributed by atoms with Crippen LogP contribution >= 0.6 is 0 Å². The van der Waals surface area contributed by atoms with Crippen molar-refractivity contribution in [3.8, 4) is 0 Å². The maximum atomic E-state index is 5.17. The first-order valence-corrected chi connectivity index (χ1v) is 8.22. The zero-order valence-corrected chi connectivity index (χ0v) is 13.8. The average Bonchev–Trinajstić information content (AvgIpc) is 2.48. The molecule has 0 spiro atoms. The van der Waals surface area contributed by atoms with Crippen LogP contribution in [-0.4, -0.2) is 20.5 Å². The Morgan fingerprint density at radius 1 is 0.750 bits per heavy atom. The second-order valence-corrected chi connectivity index (χ2v) is 5.24. The molecule has 0 aromatic heterocycles. The van der Waals surface area contributed by atoms with E-state index >= 15 is 0 Å². The van der Waals surface area contributed by atoms with E-state index in [2.05, 4.69) is 31.2 Å². The van der Waals surface area contributed by atoms with Crippen LogP contribution in [0.1, 0.15) is 71.1 Å². The van der Waals surface area contributed by atoms with E-state index < -0.39 is 0 Å². The molecule has 0 radical (unpaired) electrons. The number of hydrogen-bond acceptors (Lipinski definition) is 2. The molecule has 0 fully saturated rings. The largest absolute Gasteiger partial charge is 0.356 e. The van der Waals surface area contributed by atoms with Crippen LogP contribution in [0.4, 0.5) is 0 Å². The van der Waals surface area contributed by atoms with Gasteiger partial charge in [-0.05, 0) is 32.1 Å². The maximum absolute atomic E-state index is 5.17. The van der Waals surface area contributed by atoms with Gasteiger partial charge in [0.15, 0.2) is 6.29 Å². The zero-order chi connectivity index (χ0) is 14.9. The molecule has 20 heavy (non-hydrogen) atoms. The summed E-state index contributed by atoms with van der Waals surface area (Å²) in [6.45, 7) is 2.21. The van der Waals surface area contributed by atoms with Crippen LogP contribution in [0.3, 0.4) is 0 Å². The van der Waals surface area contributed by atoms with Gasteiger partial charge in [-0.2, -0.15) is 0 Å². The first-order chi connectivity index (χ1) is 9.85. The predicted octanol–water partition coefficient (Wildman–Crippen LogP) is 5.64. The summed E-state index contributed by atoms with van der Waals surface area (Å²) in [6, 6.07) is 0. The summed E-state index contributed by atoms with van der Waals surface area (Å²) >= 11 is 0. The molecule has 118 valence electrons. The van der Waals surface area contributed by atoms with Crippen LogP contribution in [0.2, 0.25) is 0 Å². The molecule has 0 unspecified atom stereocenters. The SMILES string of the molecule is CCC/C=C\C=C\CCCCCCCCC(OC)OC. The fraction of sp³-hybridized carbons (Fsp3) is 0.778. The number of allylic oxidation sites excluding steroid dienone is 4. The number of hydrogen-bond donors (Lipinski definition) is 0. The minimum Gasteiger partial charge on any atom is -0.356 e. The topological polar surface area (TPSA) is 18.5 Å². The maximum Gasteiger partial charge on any atom is 0.156 e. The summed E-state index contributed by atoms with van der Waals surface area (Å²) < 4.78 is 10.3. The highest BCUT2D eigenvalue weighted by atomic mass is 16.7. The second-order valence-electron chi connectivity index (χ2n) is 5.24. The number of rotatable bonds is 14. The summed E-state index contributed by atoms with van der Waals surface area (Å²) in [7, 11) is 3.41. The lowest BCUT2D eigenvalue weighted by Crippen LogP contribution is -2.12. The van der Waals surface area contributed by atoms with Crippen molar-refractivity contribution < 1.29 is 9.47 Å². The van der Waals surface area contributed by atoms with Crippen molar-refractivity contribution in [3.05, 3.63) is 24.3 Å². The Balaban J connectivity index is 3.20. The highest BCUT2D eigenvalue weighted by Crippen LogP contribution is 2.11. The molecule has 0 heterocycles. The first kappa shape index (κ1) is 19.4. The molecule has 0 rings (SSSR count). The number of methoxy groups -OCH3 is 2. The first-order valence-electron chi connectivity index (χ1n) is 8.22. The van der Waals surface area contributed by atoms with Crippen LogP contribution in [-0.2, 0) is 9.47 Å². The van der Waals surface area contributed by atoms with Crippen LogP contribution in [0.25, 0.3) is 0 Å². The van der Waals surface area contributed by atoms with E-state index in [-0.39, 0.29) is 6.29 Å². The minimum atomic E-state index is -0.0131. The Hall–Kier alpha value is -0.600. The molecular weight excluding hydrogens is 248 g/mol. The van der Waals surface area contributed by atoms with Crippen LogP contribution in [0, 0.1) is 0 Å². The molecule has 0 saturated carbocycles. The van der Waals surface area contributed by atoms with Gasteiger partial charge in [0, 0.05) is 14.2 Å². The minimum absolute atomic E-state index is 0.0131. The van der Waals surface area contributed by atoms with Gasteiger partial charge in [0.1, 0.15) is 0 Å². The van der Waals surface area contributed by atoms with Gasteiger partial charge in [0.05, 0.1) is 0 Å². The third kappa shape index (κ3) is 13.8.